The number of rotatable bonds is 3. The van der Waals surface area contributed by atoms with Gasteiger partial charge in [-0.25, -0.2) is 0 Å². The van der Waals surface area contributed by atoms with Crippen LogP contribution in [0.15, 0.2) is 54.7 Å². The molecule has 2 aromatic carbocycles. The van der Waals surface area contributed by atoms with Crippen LogP contribution in [-0.2, 0) is 12.6 Å². The molecule has 7 heteroatoms. The van der Waals surface area contributed by atoms with Crippen LogP contribution in [0.25, 0.3) is 10.9 Å². The van der Waals surface area contributed by atoms with E-state index >= 15 is 0 Å². The van der Waals surface area contributed by atoms with Gasteiger partial charge < -0.3 is 15.2 Å². The Kier molecular flexibility index (Phi) is 4.85. The molecule has 0 aliphatic carbocycles. The van der Waals surface area contributed by atoms with Gasteiger partial charge in [0.15, 0.2) is 0 Å². The first-order valence-electron chi connectivity index (χ1n) is 9.18. The van der Waals surface area contributed by atoms with Crippen molar-refractivity contribution in [2.24, 2.45) is 0 Å². The molecule has 1 atom stereocenters. The maximum atomic E-state index is 13.4. The molecule has 1 fully saturated rings. The highest BCUT2D eigenvalue weighted by Crippen LogP contribution is 2.33. The number of H-pyrrole nitrogens is 1. The van der Waals surface area contributed by atoms with Crippen molar-refractivity contribution in [3.8, 4) is 0 Å². The molecule has 1 saturated heterocycles. The van der Waals surface area contributed by atoms with Crippen molar-refractivity contribution >= 4 is 16.8 Å². The Hall–Kier alpha value is -2.80. The van der Waals surface area contributed by atoms with Crippen molar-refractivity contribution in [2.45, 2.75) is 18.6 Å². The van der Waals surface area contributed by atoms with Crippen LogP contribution in [-0.4, -0.2) is 41.5 Å². The molecule has 146 valence electrons. The van der Waals surface area contributed by atoms with E-state index in [1.165, 1.54) is 18.2 Å². The molecule has 1 unspecified atom stereocenters. The largest absolute Gasteiger partial charge is 0.417 e. The van der Waals surface area contributed by atoms with Crippen LogP contribution in [0.1, 0.15) is 21.5 Å². The van der Waals surface area contributed by atoms with E-state index < -0.39 is 17.6 Å². The molecule has 0 radical (unpaired) electrons. The van der Waals surface area contributed by atoms with E-state index in [1.54, 1.807) is 4.90 Å². The van der Waals surface area contributed by atoms with Crippen LogP contribution >= 0.6 is 0 Å². The van der Waals surface area contributed by atoms with Crippen LogP contribution in [0.3, 0.4) is 0 Å². The van der Waals surface area contributed by atoms with E-state index in [9.17, 15) is 18.0 Å². The number of nitrogens with zero attached hydrogens (tertiary/aromatic N) is 1. The fourth-order valence-electron chi connectivity index (χ4n) is 3.84. The van der Waals surface area contributed by atoms with Crippen LogP contribution in [0.4, 0.5) is 13.2 Å². The highest BCUT2D eigenvalue weighted by atomic mass is 19.4. The SMILES string of the molecule is O=C(c1ccccc1C(F)(F)F)N1CCNCC1Cc1c[nH]c2ccccc12. The topological polar surface area (TPSA) is 48.1 Å². The van der Waals surface area contributed by atoms with Crippen molar-refractivity contribution in [1.82, 2.24) is 15.2 Å². The van der Waals surface area contributed by atoms with E-state index in [2.05, 4.69) is 10.3 Å². The molecule has 28 heavy (non-hydrogen) atoms. The van der Waals surface area contributed by atoms with E-state index in [0.29, 0.717) is 26.1 Å². The number of hydrogen-bond donors (Lipinski definition) is 2. The average molecular weight is 387 g/mol. The molecule has 0 saturated carbocycles. The molecule has 2 heterocycles. The van der Waals surface area contributed by atoms with Crippen LogP contribution < -0.4 is 5.32 Å². The third-order valence-electron chi connectivity index (χ3n) is 5.20. The summed E-state index contributed by atoms with van der Waals surface area (Å²) < 4.78 is 40.1. The van der Waals surface area contributed by atoms with Gasteiger partial charge >= 0.3 is 6.18 Å². The third kappa shape index (κ3) is 3.49. The molecule has 0 bridgehead atoms. The van der Waals surface area contributed by atoms with Gasteiger partial charge in [-0.1, -0.05) is 30.3 Å². The highest BCUT2D eigenvalue weighted by Gasteiger charge is 2.37. The fraction of sp³-hybridized carbons (Fsp3) is 0.286. The van der Waals surface area contributed by atoms with Crippen molar-refractivity contribution < 1.29 is 18.0 Å². The zero-order chi connectivity index (χ0) is 19.7. The molecule has 0 spiro atoms. The van der Waals surface area contributed by atoms with Gasteiger partial charge in [0.05, 0.1) is 11.1 Å². The van der Waals surface area contributed by atoms with E-state index in [1.807, 2.05) is 30.5 Å². The van der Waals surface area contributed by atoms with Crippen molar-refractivity contribution in [2.75, 3.05) is 19.6 Å². The number of nitrogens with one attached hydrogen (secondary N) is 2. The summed E-state index contributed by atoms with van der Waals surface area (Å²) in [6, 6.07) is 12.6. The van der Waals surface area contributed by atoms with Gasteiger partial charge in [-0.3, -0.25) is 4.79 Å². The predicted molar refractivity (Wildman–Crippen MR) is 101 cm³/mol. The summed E-state index contributed by atoms with van der Waals surface area (Å²) in [6.45, 7) is 1.47. The quantitative estimate of drug-likeness (QED) is 0.717. The summed E-state index contributed by atoms with van der Waals surface area (Å²) in [4.78, 5) is 17.8. The number of aromatic amines is 1. The molecule has 1 aromatic heterocycles. The minimum atomic E-state index is -4.56. The number of carbonyl (C=O) groups excluding carboxylic acids is 1. The zero-order valence-corrected chi connectivity index (χ0v) is 15.1. The van der Waals surface area contributed by atoms with Gasteiger partial charge in [0.1, 0.15) is 0 Å². The zero-order valence-electron chi connectivity index (χ0n) is 15.1. The van der Waals surface area contributed by atoms with Crippen LogP contribution in [0, 0.1) is 0 Å². The molecular weight excluding hydrogens is 367 g/mol. The lowest BCUT2D eigenvalue weighted by Crippen LogP contribution is -2.54. The molecule has 1 aliphatic rings. The lowest BCUT2D eigenvalue weighted by molar-refractivity contribution is -0.138. The molecule has 4 nitrogen and oxygen atoms in total. The van der Waals surface area contributed by atoms with Gasteiger partial charge in [-0.15, -0.1) is 0 Å². The summed E-state index contributed by atoms with van der Waals surface area (Å²) in [5, 5.41) is 4.32. The van der Waals surface area contributed by atoms with Gasteiger partial charge in [0.25, 0.3) is 5.91 Å². The number of carbonyl (C=O) groups is 1. The smallest absolute Gasteiger partial charge is 0.361 e. The lowest BCUT2D eigenvalue weighted by Gasteiger charge is -2.37. The Bertz CT molecular complexity index is 996. The summed E-state index contributed by atoms with van der Waals surface area (Å²) in [6.07, 6.45) is -2.09. The number of piperazine rings is 1. The maximum absolute atomic E-state index is 13.4. The summed E-state index contributed by atoms with van der Waals surface area (Å²) >= 11 is 0. The average Bonchev–Trinajstić information content (AvgIpc) is 3.10. The minimum absolute atomic E-state index is 0.221. The number of hydrogen-bond acceptors (Lipinski definition) is 2. The molecule has 1 amide bonds. The summed E-state index contributed by atoms with van der Waals surface area (Å²) in [7, 11) is 0. The van der Waals surface area contributed by atoms with Gasteiger partial charge in [0.2, 0.25) is 0 Å². The number of aromatic nitrogens is 1. The Morgan fingerprint density at radius 3 is 2.68 bits per heavy atom. The third-order valence-corrected chi connectivity index (χ3v) is 5.20. The first-order chi connectivity index (χ1) is 13.4. The number of halogens is 3. The number of fused-ring (bicyclic) bond motifs is 1. The summed E-state index contributed by atoms with van der Waals surface area (Å²) in [5.74, 6) is -0.570. The standard InChI is InChI=1S/C21H20F3N3O/c22-21(23,24)18-7-3-1-6-17(18)20(28)27-10-9-25-13-15(27)11-14-12-26-19-8-4-2-5-16(14)19/h1-8,12,15,25-26H,9-11,13H2. The van der Waals surface area contributed by atoms with E-state index in [-0.39, 0.29) is 11.6 Å². The number of para-hydroxylation sites is 1. The molecule has 4 rings (SSSR count). The van der Waals surface area contributed by atoms with E-state index in [4.69, 9.17) is 0 Å². The highest BCUT2D eigenvalue weighted by molar-refractivity contribution is 5.96. The van der Waals surface area contributed by atoms with Crippen molar-refractivity contribution in [3.05, 3.63) is 71.4 Å². The van der Waals surface area contributed by atoms with Gasteiger partial charge in [-0.2, -0.15) is 13.2 Å². The molecule has 2 N–H and O–H groups in total. The first-order valence-corrected chi connectivity index (χ1v) is 9.18. The monoisotopic (exact) mass is 387 g/mol. The lowest BCUT2D eigenvalue weighted by atomic mass is 9.99. The van der Waals surface area contributed by atoms with Crippen LogP contribution in [0.5, 0.6) is 0 Å². The Balaban J connectivity index is 1.64. The number of amides is 1. The summed E-state index contributed by atoms with van der Waals surface area (Å²) in [5.41, 5.74) is 0.873. The second kappa shape index (κ2) is 7.31. The fourth-order valence-corrected chi connectivity index (χ4v) is 3.84. The number of benzene rings is 2. The minimum Gasteiger partial charge on any atom is -0.361 e. The molecule has 1 aliphatic heterocycles. The second-order valence-corrected chi connectivity index (χ2v) is 6.96. The Morgan fingerprint density at radius 1 is 1.11 bits per heavy atom. The first kappa shape index (κ1) is 18.6. The molecule has 3 aromatic rings. The van der Waals surface area contributed by atoms with E-state index in [0.717, 1.165) is 22.5 Å². The van der Waals surface area contributed by atoms with Gasteiger partial charge in [0, 0.05) is 42.8 Å². The predicted octanol–water partition coefficient (Wildman–Crippen LogP) is 3.84. The maximum Gasteiger partial charge on any atom is 0.417 e. The Morgan fingerprint density at radius 2 is 1.86 bits per heavy atom. The normalized spacial score (nSPS) is 17.8. The number of alkyl halides is 3. The second-order valence-electron chi connectivity index (χ2n) is 6.96. The molecular formula is C21H20F3N3O. The van der Waals surface area contributed by atoms with Crippen molar-refractivity contribution in [1.29, 1.82) is 0 Å². The Labute approximate surface area is 160 Å². The van der Waals surface area contributed by atoms with Crippen LogP contribution in [0.2, 0.25) is 0 Å². The van der Waals surface area contributed by atoms with Crippen molar-refractivity contribution in [3.63, 3.8) is 0 Å². The van der Waals surface area contributed by atoms with Gasteiger partial charge in [-0.05, 0) is 30.2 Å².